The fraction of sp³-hybridized carbons (Fsp3) is 0.300. The average molecular weight is 184 g/mol. The van der Waals surface area contributed by atoms with Crippen molar-refractivity contribution in [1.29, 1.82) is 0 Å². The Balaban J connectivity index is 2.83. The van der Waals surface area contributed by atoms with Crippen molar-refractivity contribution in [3.05, 3.63) is 35.6 Å². The number of hydrogen-bond acceptors (Lipinski definition) is 2. The molecule has 0 aliphatic rings. The predicted octanol–water partition coefficient (Wildman–Crippen LogP) is 1.62. The number of Topliss-reactive ketones (excluding diaryl/α,β-unsaturated/α-hetero) is 1. The van der Waals surface area contributed by atoms with E-state index in [9.17, 15) is 9.18 Å². The summed E-state index contributed by atoms with van der Waals surface area (Å²) in [6.07, 6.45) is 0. The van der Waals surface area contributed by atoms with Crippen LogP contribution in [0, 0.1) is 5.82 Å². The minimum atomic E-state index is -2.42. The maximum Gasteiger partial charge on any atom is 0.182 e. The van der Waals surface area contributed by atoms with Crippen LogP contribution in [0.25, 0.3) is 0 Å². The topological polar surface area (TPSA) is 29.1 Å². The molecular weight excluding hydrogens is 169 g/mol. The third-order valence-electron chi connectivity index (χ3n) is 1.75. The zero-order valence-corrected chi connectivity index (χ0v) is 7.17. The van der Waals surface area contributed by atoms with Crippen molar-refractivity contribution < 1.29 is 13.3 Å². The van der Waals surface area contributed by atoms with Gasteiger partial charge in [-0.25, -0.2) is 4.39 Å². The van der Waals surface area contributed by atoms with Gasteiger partial charge in [-0.3, -0.25) is 4.79 Å². The van der Waals surface area contributed by atoms with Crippen molar-refractivity contribution >= 4 is 5.78 Å². The highest BCUT2D eigenvalue weighted by Crippen LogP contribution is 2.08. The molecule has 0 aliphatic heterocycles. The molecule has 0 aliphatic carbocycles. The van der Waals surface area contributed by atoms with Crippen LogP contribution in [-0.4, -0.2) is 18.8 Å². The molecule has 13 heavy (non-hydrogen) atoms. The molecule has 1 aromatic carbocycles. The first-order valence-electron chi connectivity index (χ1n) is 5.38. The van der Waals surface area contributed by atoms with E-state index in [1.54, 1.807) is 0 Å². The van der Waals surface area contributed by atoms with Crippen LogP contribution in [0.3, 0.4) is 0 Å². The van der Waals surface area contributed by atoms with E-state index in [0.717, 1.165) is 6.07 Å². The highest BCUT2D eigenvalue weighted by atomic mass is 19.1. The van der Waals surface area contributed by atoms with Gasteiger partial charge in [0.2, 0.25) is 0 Å². The molecular formula is C10H12FNO. The highest BCUT2D eigenvalue weighted by molar-refractivity contribution is 6.00. The summed E-state index contributed by atoms with van der Waals surface area (Å²) in [7, 11) is 0. The number of nitrogens with one attached hydrogen (secondary N) is 1. The fourth-order valence-electron chi connectivity index (χ4n) is 0.960. The molecule has 1 rings (SSSR count). The monoisotopic (exact) mass is 184 g/mol. The van der Waals surface area contributed by atoms with Crippen molar-refractivity contribution in [3.8, 4) is 0 Å². The van der Waals surface area contributed by atoms with Crippen LogP contribution >= 0.6 is 0 Å². The zero-order valence-electron chi connectivity index (χ0n) is 10.2. The van der Waals surface area contributed by atoms with E-state index in [2.05, 4.69) is 5.32 Å². The number of ketones is 1. The van der Waals surface area contributed by atoms with Crippen LogP contribution in [0.4, 0.5) is 4.39 Å². The first kappa shape index (κ1) is 6.27. The molecule has 0 saturated heterocycles. The van der Waals surface area contributed by atoms with Crippen LogP contribution in [0.1, 0.15) is 21.4 Å². The summed E-state index contributed by atoms with van der Waals surface area (Å²) in [6.45, 7) is -1.03. The van der Waals surface area contributed by atoms with Gasteiger partial charge in [-0.1, -0.05) is 12.1 Å². The van der Waals surface area contributed by atoms with Crippen LogP contribution in [-0.2, 0) is 0 Å². The van der Waals surface area contributed by atoms with Crippen molar-refractivity contribution in [2.45, 2.75) is 13.0 Å². The maximum absolute atomic E-state index is 13.2. The summed E-state index contributed by atoms with van der Waals surface area (Å²) < 4.78 is 34.1. The molecule has 1 N–H and O–H groups in total. The van der Waals surface area contributed by atoms with E-state index >= 15 is 0 Å². The summed E-state index contributed by atoms with van der Waals surface area (Å²) in [5.41, 5.74) is -0.105. The van der Waals surface area contributed by atoms with Crippen molar-refractivity contribution in [3.63, 3.8) is 0 Å². The summed E-state index contributed by atoms with van der Waals surface area (Å²) in [6, 6.07) is 4.53. The second kappa shape index (κ2) is 4.14. The van der Waals surface area contributed by atoms with Gasteiger partial charge in [-0.2, -0.15) is 0 Å². The van der Waals surface area contributed by atoms with Gasteiger partial charge in [-0.05, 0) is 26.0 Å². The lowest BCUT2D eigenvalue weighted by Crippen LogP contribution is -2.31. The quantitative estimate of drug-likeness (QED) is 0.723. The van der Waals surface area contributed by atoms with Crippen LogP contribution in [0.5, 0.6) is 0 Å². The Bertz CT molecular complexity index is 392. The number of rotatable bonds is 3. The van der Waals surface area contributed by atoms with E-state index in [0.29, 0.717) is 0 Å². The molecule has 3 heteroatoms. The lowest BCUT2D eigenvalue weighted by Gasteiger charge is -2.08. The number of carbonyl (C=O) groups excluding carboxylic acids is 1. The van der Waals surface area contributed by atoms with Gasteiger partial charge in [-0.15, -0.1) is 0 Å². The van der Waals surface area contributed by atoms with Crippen molar-refractivity contribution in [2.24, 2.45) is 0 Å². The Morgan fingerprint density at radius 1 is 1.62 bits per heavy atom. The Morgan fingerprint density at radius 2 is 2.31 bits per heavy atom. The normalized spacial score (nSPS) is 16.9. The standard InChI is InChI=1S/C10H12FNO/c1-7(12-2)10(13)8-5-3-4-6-9(8)11/h3-7,12H,1-2H3/i2D3. The second-order valence-corrected chi connectivity index (χ2v) is 2.71. The molecule has 0 fully saturated rings. The predicted molar refractivity (Wildman–Crippen MR) is 49.3 cm³/mol. The van der Waals surface area contributed by atoms with Gasteiger partial charge in [0.15, 0.2) is 5.78 Å². The van der Waals surface area contributed by atoms with Gasteiger partial charge in [0.25, 0.3) is 0 Å². The second-order valence-electron chi connectivity index (χ2n) is 2.71. The van der Waals surface area contributed by atoms with Crippen molar-refractivity contribution in [2.75, 3.05) is 6.98 Å². The molecule has 1 atom stereocenters. The molecule has 0 bridgehead atoms. The zero-order chi connectivity index (χ0) is 12.3. The molecule has 1 unspecified atom stereocenters. The first-order valence-corrected chi connectivity index (χ1v) is 3.88. The van der Waals surface area contributed by atoms with Gasteiger partial charge in [0.1, 0.15) is 5.82 Å². The van der Waals surface area contributed by atoms with Gasteiger partial charge >= 0.3 is 0 Å². The fourth-order valence-corrected chi connectivity index (χ4v) is 0.960. The van der Waals surface area contributed by atoms with Gasteiger partial charge in [0, 0.05) is 4.11 Å². The molecule has 2 nitrogen and oxygen atoms in total. The third kappa shape index (κ3) is 2.12. The number of hydrogen-bond donors (Lipinski definition) is 1. The Morgan fingerprint density at radius 3 is 2.92 bits per heavy atom. The molecule has 70 valence electrons. The Hall–Kier alpha value is -1.22. The molecule has 0 saturated carbocycles. The Kier molecular flexibility index (Phi) is 2.00. The Labute approximate surface area is 81.0 Å². The summed E-state index contributed by atoms with van der Waals surface area (Å²) in [5.74, 6) is -1.22. The summed E-state index contributed by atoms with van der Waals surface area (Å²) in [5, 5.41) is 2.13. The SMILES string of the molecule is [2H]C([2H])([2H])NC(C)C(=O)c1ccccc1F. The number of halogens is 1. The van der Waals surface area contributed by atoms with Crippen LogP contribution in [0.15, 0.2) is 24.3 Å². The molecule has 1 aromatic rings. The third-order valence-corrected chi connectivity index (χ3v) is 1.75. The largest absolute Gasteiger partial charge is 0.310 e. The van der Waals surface area contributed by atoms with E-state index in [1.807, 2.05) is 0 Å². The summed E-state index contributed by atoms with van der Waals surface area (Å²) >= 11 is 0. The van der Waals surface area contributed by atoms with Crippen LogP contribution in [0.2, 0.25) is 0 Å². The smallest absolute Gasteiger partial charge is 0.182 e. The van der Waals surface area contributed by atoms with Crippen LogP contribution < -0.4 is 5.32 Å². The van der Waals surface area contributed by atoms with E-state index in [1.165, 1.54) is 25.1 Å². The average Bonchev–Trinajstić information content (AvgIpc) is 2.15. The molecule has 0 amide bonds. The number of benzene rings is 1. The molecule has 0 spiro atoms. The highest BCUT2D eigenvalue weighted by Gasteiger charge is 2.15. The first-order chi connectivity index (χ1) is 7.31. The lowest BCUT2D eigenvalue weighted by atomic mass is 10.1. The molecule has 0 aromatic heterocycles. The summed E-state index contributed by atoms with van der Waals surface area (Å²) in [4.78, 5) is 11.7. The van der Waals surface area contributed by atoms with E-state index in [4.69, 9.17) is 4.11 Å². The van der Waals surface area contributed by atoms with Gasteiger partial charge < -0.3 is 5.32 Å². The van der Waals surface area contributed by atoms with E-state index in [-0.39, 0.29) is 5.56 Å². The maximum atomic E-state index is 13.2. The molecule has 0 radical (unpaired) electrons. The van der Waals surface area contributed by atoms with E-state index < -0.39 is 24.6 Å². The minimum Gasteiger partial charge on any atom is -0.310 e. The minimum absolute atomic E-state index is 0.105. The van der Waals surface area contributed by atoms with Gasteiger partial charge in [0.05, 0.1) is 11.6 Å². The number of carbonyl (C=O) groups is 1. The van der Waals surface area contributed by atoms with Crippen molar-refractivity contribution in [1.82, 2.24) is 5.32 Å². The number of likely N-dealkylation sites (N-methyl/N-ethyl adjacent to an activating group) is 1. The lowest BCUT2D eigenvalue weighted by molar-refractivity contribution is 0.0951. The molecule has 0 heterocycles.